The van der Waals surface area contributed by atoms with Gasteiger partial charge in [-0.05, 0) is 17.7 Å². The molecule has 0 aliphatic heterocycles. The van der Waals surface area contributed by atoms with E-state index in [2.05, 4.69) is 10.4 Å². The van der Waals surface area contributed by atoms with Crippen LogP contribution in [0.4, 0.5) is 0 Å². The van der Waals surface area contributed by atoms with Crippen LogP contribution in [0, 0.1) is 0 Å². The van der Waals surface area contributed by atoms with Gasteiger partial charge in [-0.15, -0.1) is 0 Å². The Morgan fingerprint density at radius 2 is 1.71 bits per heavy atom. The molecule has 0 atom stereocenters. The first-order valence-electron chi connectivity index (χ1n) is 7.84. The maximum absolute atomic E-state index is 11.8. The molecule has 0 saturated heterocycles. The molecule has 1 heterocycles. The number of amides is 1. The molecule has 122 valence electrons. The summed E-state index contributed by atoms with van der Waals surface area (Å²) in [5.74, 6) is 0.543. The van der Waals surface area contributed by atoms with Crippen LogP contribution in [0.5, 0.6) is 5.75 Å². The van der Waals surface area contributed by atoms with E-state index in [9.17, 15) is 4.79 Å². The van der Waals surface area contributed by atoms with Crippen molar-refractivity contribution in [1.29, 1.82) is 0 Å². The number of nitrogens with zero attached hydrogens (tertiary/aromatic N) is 2. The molecular formula is C19H19N3O2. The van der Waals surface area contributed by atoms with Gasteiger partial charge < -0.3 is 10.1 Å². The van der Waals surface area contributed by atoms with Gasteiger partial charge in [-0.25, -0.2) is 0 Å². The second-order valence-corrected chi connectivity index (χ2v) is 5.31. The molecule has 5 nitrogen and oxygen atoms in total. The maximum Gasteiger partial charge on any atom is 0.258 e. The van der Waals surface area contributed by atoms with Crippen molar-refractivity contribution in [2.45, 2.75) is 6.54 Å². The lowest BCUT2D eigenvalue weighted by Crippen LogP contribution is -2.31. The van der Waals surface area contributed by atoms with Crippen molar-refractivity contribution in [3.8, 4) is 16.9 Å². The van der Waals surface area contributed by atoms with E-state index in [0.717, 1.165) is 11.1 Å². The maximum atomic E-state index is 11.8. The smallest absolute Gasteiger partial charge is 0.258 e. The highest BCUT2D eigenvalue weighted by atomic mass is 16.5. The molecule has 5 heteroatoms. The van der Waals surface area contributed by atoms with Gasteiger partial charge >= 0.3 is 0 Å². The molecule has 0 spiro atoms. The number of hydrogen-bond acceptors (Lipinski definition) is 3. The van der Waals surface area contributed by atoms with Gasteiger partial charge in [0.1, 0.15) is 5.75 Å². The van der Waals surface area contributed by atoms with Crippen LogP contribution in [0.2, 0.25) is 0 Å². The molecule has 1 amide bonds. The molecule has 2 aromatic carbocycles. The first-order valence-corrected chi connectivity index (χ1v) is 7.84. The van der Waals surface area contributed by atoms with Crippen LogP contribution in [-0.4, -0.2) is 28.8 Å². The topological polar surface area (TPSA) is 56.1 Å². The molecule has 1 N–H and O–H groups in total. The van der Waals surface area contributed by atoms with Gasteiger partial charge in [-0.3, -0.25) is 9.48 Å². The summed E-state index contributed by atoms with van der Waals surface area (Å²) in [6.45, 7) is 1.13. The predicted octanol–water partition coefficient (Wildman–Crippen LogP) is 2.75. The number of carbonyl (C=O) groups excluding carboxylic acids is 1. The van der Waals surface area contributed by atoms with Crippen molar-refractivity contribution in [3.63, 3.8) is 0 Å². The van der Waals surface area contributed by atoms with Crippen LogP contribution in [0.3, 0.4) is 0 Å². The minimum atomic E-state index is -0.144. The number of ether oxygens (including phenoxy) is 1. The number of aromatic nitrogens is 2. The minimum absolute atomic E-state index is 0.0123. The average Bonchev–Trinajstić information content (AvgIpc) is 3.11. The van der Waals surface area contributed by atoms with Crippen molar-refractivity contribution in [2.24, 2.45) is 0 Å². The van der Waals surface area contributed by atoms with Crippen molar-refractivity contribution in [3.05, 3.63) is 73.1 Å². The van der Waals surface area contributed by atoms with Gasteiger partial charge in [0, 0.05) is 18.3 Å². The summed E-state index contributed by atoms with van der Waals surface area (Å²) < 4.78 is 7.22. The second kappa shape index (κ2) is 7.97. The monoisotopic (exact) mass is 321 g/mol. The number of para-hydroxylation sites is 1. The van der Waals surface area contributed by atoms with Crippen LogP contribution < -0.4 is 10.1 Å². The molecule has 0 fully saturated rings. The van der Waals surface area contributed by atoms with Crippen molar-refractivity contribution in [1.82, 2.24) is 15.1 Å². The molecule has 1 aromatic heterocycles. The van der Waals surface area contributed by atoms with E-state index in [1.165, 1.54) is 0 Å². The van der Waals surface area contributed by atoms with Gasteiger partial charge in [0.15, 0.2) is 6.61 Å². The number of carbonyl (C=O) groups is 1. The van der Waals surface area contributed by atoms with Crippen molar-refractivity contribution >= 4 is 5.91 Å². The average molecular weight is 321 g/mol. The Morgan fingerprint density at radius 1 is 1.00 bits per heavy atom. The Kier molecular flexibility index (Phi) is 5.24. The number of hydrogen-bond donors (Lipinski definition) is 1. The molecule has 0 aliphatic rings. The Morgan fingerprint density at radius 3 is 2.46 bits per heavy atom. The third kappa shape index (κ3) is 4.46. The highest BCUT2D eigenvalue weighted by Gasteiger charge is 2.04. The fourth-order valence-electron chi connectivity index (χ4n) is 2.29. The summed E-state index contributed by atoms with van der Waals surface area (Å²) in [4.78, 5) is 11.8. The van der Waals surface area contributed by atoms with Crippen molar-refractivity contribution < 1.29 is 9.53 Å². The van der Waals surface area contributed by atoms with Crippen LogP contribution in [0.1, 0.15) is 0 Å². The van der Waals surface area contributed by atoms with E-state index < -0.39 is 0 Å². The number of nitrogens with one attached hydrogen (secondary N) is 1. The predicted molar refractivity (Wildman–Crippen MR) is 92.6 cm³/mol. The lowest BCUT2D eigenvalue weighted by Gasteiger charge is -2.07. The first-order chi connectivity index (χ1) is 11.8. The SMILES string of the molecule is O=C(COc1ccccc1)NCCn1cc(-c2ccccc2)cn1. The van der Waals surface area contributed by atoms with E-state index in [1.807, 2.05) is 77.7 Å². The van der Waals surface area contributed by atoms with Gasteiger partial charge in [-0.1, -0.05) is 48.5 Å². The first kappa shape index (κ1) is 15.8. The lowest BCUT2D eigenvalue weighted by atomic mass is 10.1. The van der Waals surface area contributed by atoms with Gasteiger partial charge in [0.05, 0.1) is 12.7 Å². The summed E-state index contributed by atoms with van der Waals surface area (Å²) in [7, 11) is 0. The van der Waals surface area contributed by atoms with Crippen LogP contribution in [0.15, 0.2) is 73.1 Å². The van der Waals surface area contributed by atoms with Crippen LogP contribution in [-0.2, 0) is 11.3 Å². The normalized spacial score (nSPS) is 10.3. The third-order valence-electron chi connectivity index (χ3n) is 3.52. The Balaban J connectivity index is 1.42. The molecule has 3 aromatic rings. The molecular weight excluding hydrogens is 302 g/mol. The van der Waals surface area contributed by atoms with Crippen LogP contribution >= 0.6 is 0 Å². The molecule has 0 saturated carbocycles. The zero-order valence-corrected chi connectivity index (χ0v) is 13.3. The highest BCUT2D eigenvalue weighted by molar-refractivity contribution is 5.77. The quantitative estimate of drug-likeness (QED) is 0.728. The molecule has 0 aliphatic carbocycles. The Labute approximate surface area is 140 Å². The van der Waals surface area contributed by atoms with E-state index in [4.69, 9.17) is 4.74 Å². The minimum Gasteiger partial charge on any atom is -0.484 e. The van der Waals surface area contributed by atoms with Gasteiger partial charge in [0.2, 0.25) is 0 Å². The zero-order chi connectivity index (χ0) is 16.6. The summed E-state index contributed by atoms with van der Waals surface area (Å²) >= 11 is 0. The Bertz CT molecular complexity index is 770. The molecule has 3 rings (SSSR count). The summed E-state index contributed by atoms with van der Waals surface area (Å²) in [6, 6.07) is 19.4. The second-order valence-electron chi connectivity index (χ2n) is 5.31. The van der Waals surface area contributed by atoms with E-state index in [0.29, 0.717) is 18.8 Å². The van der Waals surface area contributed by atoms with E-state index in [-0.39, 0.29) is 12.5 Å². The number of benzene rings is 2. The molecule has 24 heavy (non-hydrogen) atoms. The van der Waals surface area contributed by atoms with Gasteiger partial charge in [-0.2, -0.15) is 5.10 Å². The van der Waals surface area contributed by atoms with E-state index in [1.54, 1.807) is 0 Å². The summed E-state index contributed by atoms with van der Waals surface area (Å²) in [6.07, 6.45) is 3.80. The molecule has 0 radical (unpaired) electrons. The summed E-state index contributed by atoms with van der Waals surface area (Å²) in [5, 5.41) is 7.14. The molecule has 0 bridgehead atoms. The summed E-state index contributed by atoms with van der Waals surface area (Å²) in [5.41, 5.74) is 2.19. The van der Waals surface area contributed by atoms with Gasteiger partial charge in [0.25, 0.3) is 5.91 Å². The largest absolute Gasteiger partial charge is 0.484 e. The van der Waals surface area contributed by atoms with E-state index >= 15 is 0 Å². The fourth-order valence-corrected chi connectivity index (χ4v) is 2.29. The van der Waals surface area contributed by atoms with Crippen molar-refractivity contribution in [2.75, 3.05) is 13.2 Å². The standard InChI is InChI=1S/C19H19N3O2/c23-19(15-24-18-9-5-2-6-10-18)20-11-12-22-14-17(13-21-22)16-7-3-1-4-8-16/h1-10,13-14H,11-12,15H2,(H,20,23). The highest BCUT2D eigenvalue weighted by Crippen LogP contribution is 2.17. The third-order valence-corrected chi connectivity index (χ3v) is 3.52. The zero-order valence-electron chi connectivity index (χ0n) is 13.3. The molecule has 0 unspecified atom stereocenters. The van der Waals surface area contributed by atoms with Crippen LogP contribution in [0.25, 0.3) is 11.1 Å². The number of rotatable bonds is 7. The Hall–Kier alpha value is -3.08. The fraction of sp³-hybridized carbons (Fsp3) is 0.158. The lowest BCUT2D eigenvalue weighted by molar-refractivity contribution is -0.123.